The zero-order valence-electron chi connectivity index (χ0n) is 8.73. The highest BCUT2D eigenvalue weighted by Gasteiger charge is 2.03. The van der Waals surface area contributed by atoms with Gasteiger partial charge in [-0.2, -0.15) is 0 Å². The number of rotatable bonds is 3. The number of benzene rings is 1. The second kappa shape index (κ2) is 6.00. The fourth-order valence-electron chi connectivity index (χ4n) is 1.26. The summed E-state index contributed by atoms with van der Waals surface area (Å²) in [5, 5.41) is 10.0. The molecule has 0 unspecified atom stereocenters. The number of halogens is 2. The summed E-state index contributed by atoms with van der Waals surface area (Å²) >= 11 is 8.37. The van der Waals surface area contributed by atoms with Gasteiger partial charge in [0.15, 0.2) is 0 Å². The van der Waals surface area contributed by atoms with Crippen molar-refractivity contribution in [1.82, 2.24) is 4.98 Å². The highest BCUT2D eigenvalue weighted by Crippen LogP contribution is 2.30. The Balaban J connectivity index is 2.19. The van der Waals surface area contributed by atoms with Crippen LogP contribution < -0.4 is 0 Å². The number of hydrogen-bond acceptors (Lipinski definition) is 3. The van der Waals surface area contributed by atoms with E-state index in [-0.39, 0.29) is 6.61 Å². The molecule has 0 atom stereocenters. The van der Waals surface area contributed by atoms with Crippen LogP contribution in [0.1, 0.15) is 5.56 Å². The van der Waals surface area contributed by atoms with Gasteiger partial charge < -0.3 is 5.11 Å². The first-order chi connectivity index (χ1) is 8.19. The molecule has 88 valence electrons. The summed E-state index contributed by atoms with van der Waals surface area (Å²) in [4.78, 5) is 5.38. The van der Waals surface area contributed by atoms with Crippen molar-refractivity contribution in [2.45, 2.75) is 16.5 Å². The molecule has 0 fully saturated rings. The van der Waals surface area contributed by atoms with E-state index in [1.54, 1.807) is 18.0 Å². The van der Waals surface area contributed by atoms with Gasteiger partial charge in [0.1, 0.15) is 5.03 Å². The van der Waals surface area contributed by atoms with Gasteiger partial charge in [0, 0.05) is 20.0 Å². The molecule has 2 rings (SSSR count). The first kappa shape index (κ1) is 13.1. The van der Waals surface area contributed by atoms with Gasteiger partial charge in [-0.25, -0.2) is 4.98 Å². The van der Waals surface area contributed by atoms with Crippen LogP contribution >= 0.6 is 43.6 Å². The Bertz CT molecular complexity index is 516. The minimum absolute atomic E-state index is 0.0437. The monoisotopic (exact) mass is 373 g/mol. The molecule has 0 bridgehead atoms. The standard InChI is InChI=1S/C12H9Br2NOS/c13-9-2-4-12(15-6-9)17-10-3-1-8(7-16)11(14)5-10/h1-6,16H,7H2. The molecule has 2 nitrogen and oxygen atoms in total. The van der Waals surface area contributed by atoms with E-state index in [4.69, 9.17) is 5.11 Å². The highest BCUT2D eigenvalue weighted by atomic mass is 79.9. The SMILES string of the molecule is OCc1ccc(Sc2ccc(Br)cn2)cc1Br. The number of aromatic nitrogens is 1. The van der Waals surface area contributed by atoms with Crippen molar-refractivity contribution in [3.63, 3.8) is 0 Å². The first-order valence-corrected chi connectivity index (χ1v) is 7.28. The third kappa shape index (κ3) is 3.55. The highest BCUT2D eigenvalue weighted by molar-refractivity contribution is 9.10. The predicted octanol–water partition coefficient (Wildman–Crippen LogP) is 4.25. The van der Waals surface area contributed by atoms with E-state index in [9.17, 15) is 0 Å². The van der Waals surface area contributed by atoms with E-state index >= 15 is 0 Å². The van der Waals surface area contributed by atoms with Crippen LogP contribution in [0.4, 0.5) is 0 Å². The summed E-state index contributed by atoms with van der Waals surface area (Å²) in [6.45, 7) is 0.0437. The molecule has 0 aliphatic heterocycles. The van der Waals surface area contributed by atoms with Crippen molar-refractivity contribution in [2.24, 2.45) is 0 Å². The van der Waals surface area contributed by atoms with Crippen LogP contribution in [0.15, 0.2) is 55.4 Å². The summed E-state index contributed by atoms with van der Waals surface area (Å²) in [5.41, 5.74) is 0.887. The number of pyridine rings is 1. The van der Waals surface area contributed by atoms with Crippen molar-refractivity contribution >= 4 is 43.6 Å². The van der Waals surface area contributed by atoms with Crippen molar-refractivity contribution in [3.8, 4) is 0 Å². The van der Waals surface area contributed by atoms with Gasteiger partial charge in [-0.1, -0.05) is 33.8 Å². The lowest BCUT2D eigenvalue weighted by Gasteiger charge is -2.04. The molecule has 2 aromatic rings. The average molecular weight is 375 g/mol. The van der Waals surface area contributed by atoms with E-state index in [1.807, 2.05) is 30.3 Å². The van der Waals surface area contributed by atoms with E-state index in [0.29, 0.717) is 0 Å². The fraction of sp³-hybridized carbons (Fsp3) is 0.0833. The molecule has 0 spiro atoms. The van der Waals surface area contributed by atoms with Crippen LogP contribution in [-0.2, 0) is 6.61 Å². The third-order valence-electron chi connectivity index (χ3n) is 2.12. The van der Waals surface area contributed by atoms with Crippen molar-refractivity contribution in [2.75, 3.05) is 0 Å². The van der Waals surface area contributed by atoms with Gasteiger partial charge in [-0.05, 0) is 45.8 Å². The molecular weight excluding hydrogens is 366 g/mol. The molecule has 17 heavy (non-hydrogen) atoms. The van der Waals surface area contributed by atoms with E-state index in [1.165, 1.54) is 0 Å². The second-order valence-corrected chi connectivity index (χ2v) is 6.19. The lowest BCUT2D eigenvalue weighted by Crippen LogP contribution is -1.85. The quantitative estimate of drug-likeness (QED) is 0.871. The number of hydrogen-bond donors (Lipinski definition) is 1. The van der Waals surface area contributed by atoms with Gasteiger partial charge in [0.2, 0.25) is 0 Å². The summed E-state index contributed by atoms with van der Waals surface area (Å²) in [6, 6.07) is 9.80. The molecule has 0 saturated carbocycles. The Labute approximate surface area is 121 Å². The molecule has 0 saturated heterocycles. The van der Waals surface area contributed by atoms with Crippen molar-refractivity contribution in [3.05, 3.63) is 51.0 Å². The summed E-state index contributed by atoms with van der Waals surface area (Å²) in [7, 11) is 0. The first-order valence-electron chi connectivity index (χ1n) is 4.88. The second-order valence-electron chi connectivity index (χ2n) is 3.33. The van der Waals surface area contributed by atoms with Crippen LogP contribution in [0.3, 0.4) is 0 Å². The van der Waals surface area contributed by atoms with Crippen LogP contribution in [-0.4, -0.2) is 10.1 Å². The molecule has 0 amide bonds. The van der Waals surface area contributed by atoms with Crippen molar-refractivity contribution < 1.29 is 5.11 Å². The maximum absolute atomic E-state index is 9.08. The maximum atomic E-state index is 9.08. The van der Waals surface area contributed by atoms with Gasteiger partial charge in [0.25, 0.3) is 0 Å². The zero-order chi connectivity index (χ0) is 12.3. The van der Waals surface area contributed by atoms with E-state index in [2.05, 4.69) is 36.8 Å². The average Bonchev–Trinajstić information content (AvgIpc) is 2.32. The lowest BCUT2D eigenvalue weighted by molar-refractivity contribution is 0.281. The Hall–Kier alpha value is -0.360. The van der Waals surface area contributed by atoms with E-state index in [0.717, 1.165) is 24.4 Å². The van der Waals surface area contributed by atoms with E-state index < -0.39 is 0 Å². The Morgan fingerprint density at radius 1 is 1.18 bits per heavy atom. The van der Waals surface area contributed by atoms with Gasteiger partial charge in [-0.15, -0.1) is 0 Å². The molecule has 0 aliphatic carbocycles. The summed E-state index contributed by atoms with van der Waals surface area (Å²) < 4.78 is 1.89. The number of nitrogens with zero attached hydrogens (tertiary/aromatic N) is 1. The lowest BCUT2D eigenvalue weighted by atomic mass is 10.2. The van der Waals surface area contributed by atoms with Crippen LogP contribution in [0.25, 0.3) is 0 Å². The molecule has 5 heteroatoms. The maximum Gasteiger partial charge on any atom is 0.101 e. The fourth-order valence-corrected chi connectivity index (χ4v) is 2.95. The van der Waals surface area contributed by atoms with Gasteiger partial charge >= 0.3 is 0 Å². The number of aliphatic hydroxyl groups is 1. The normalized spacial score (nSPS) is 10.5. The van der Waals surface area contributed by atoms with Crippen molar-refractivity contribution in [1.29, 1.82) is 0 Å². The topological polar surface area (TPSA) is 33.1 Å². The van der Waals surface area contributed by atoms with Crippen LogP contribution in [0, 0.1) is 0 Å². The molecule has 1 N–H and O–H groups in total. The minimum atomic E-state index is 0.0437. The predicted molar refractivity (Wildman–Crippen MR) is 76.1 cm³/mol. The molecule has 1 aromatic heterocycles. The Morgan fingerprint density at radius 3 is 2.59 bits per heavy atom. The minimum Gasteiger partial charge on any atom is -0.392 e. The summed E-state index contributed by atoms with van der Waals surface area (Å²) in [6.07, 6.45) is 1.78. The Morgan fingerprint density at radius 2 is 2.00 bits per heavy atom. The third-order valence-corrected chi connectivity index (χ3v) is 4.27. The van der Waals surface area contributed by atoms with Gasteiger partial charge in [-0.3, -0.25) is 0 Å². The van der Waals surface area contributed by atoms with Crippen LogP contribution in [0.5, 0.6) is 0 Å². The van der Waals surface area contributed by atoms with Crippen LogP contribution in [0.2, 0.25) is 0 Å². The largest absolute Gasteiger partial charge is 0.392 e. The molecule has 0 radical (unpaired) electrons. The molecule has 0 aliphatic rings. The molecular formula is C12H9Br2NOS. The Kier molecular flexibility index (Phi) is 4.62. The molecule has 1 heterocycles. The van der Waals surface area contributed by atoms with Gasteiger partial charge in [0.05, 0.1) is 6.61 Å². The molecule has 1 aromatic carbocycles. The zero-order valence-corrected chi connectivity index (χ0v) is 12.7. The number of aliphatic hydroxyl groups excluding tert-OH is 1. The smallest absolute Gasteiger partial charge is 0.101 e. The summed E-state index contributed by atoms with van der Waals surface area (Å²) in [5.74, 6) is 0.